The monoisotopic (exact) mass is 516 g/mol. The van der Waals surface area contributed by atoms with Crippen LogP contribution in [-0.4, -0.2) is 44.2 Å². The largest absolute Gasteiger partial charge is 0.496 e. The SMILES string of the molecule is CC.COc1cc(C(=O)Nc2ccc(B3OC(C)(C)C(C)(C)O3)c(C)c2)ccc1SNC(C)(C)OC. The molecular weight excluding hydrogens is 475 g/mol. The molecule has 0 radical (unpaired) electrons. The Bertz CT molecular complexity index is 1040. The highest BCUT2D eigenvalue weighted by Crippen LogP contribution is 2.37. The molecule has 2 N–H and O–H groups in total. The zero-order valence-electron chi connectivity index (χ0n) is 23.5. The van der Waals surface area contributed by atoms with Crippen LogP contribution < -0.4 is 20.2 Å². The number of nitrogens with one attached hydrogen (secondary N) is 2. The van der Waals surface area contributed by atoms with Crippen LogP contribution in [0.3, 0.4) is 0 Å². The van der Waals surface area contributed by atoms with Gasteiger partial charge in [-0.05, 0) is 102 Å². The van der Waals surface area contributed by atoms with Gasteiger partial charge in [-0.2, -0.15) is 0 Å². The molecule has 2 aromatic rings. The minimum atomic E-state index is -0.504. The third-order valence-electron chi connectivity index (χ3n) is 6.38. The van der Waals surface area contributed by atoms with Crippen LogP contribution in [0, 0.1) is 6.92 Å². The molecule has 0 atom stereocenters. The van der Waals surface area contributed by atoms with E-state index in [1.807, 2.05) is 86.6 Å². The molecule has 0 spiro atoms. The van der Waals surface area contributed by atoms with Crippen LogP contribution in [0.15, 0.2) is 41.3 Å². The number of carbonyl (C=O) groups excluding carboxylic acids is 1. The molecule has 0 bridgehead atoms. The average molecular weight is 517 g/mol. The number of benzene rings is 2. The van der Waals surface area contributed by atoms with E-state index in [2.05, 4.69) is 10.0 Å². The van der Waals surface area contributed by atoms with Gasteiger partial charge in [-0.3, -0.25) is 4.79 Å². The molecule has 1 aliphatic rings. The Hall–Kier alpha value is -2.04. The molecule has 1 fully saturated rings. The van der Waals surface area contributed by atoms with Crippen molar-refractivity contribution in [2.24, 2.45) is 0 Å². The Morgan fingerprint density at radius 3 is 2.14 bits per heavy atom. The lowest BCUT2D eigenvalue weighted by Gasteiger charge is -2.32. The van der Waals surface area contributed by atoms with Crippen LogP contribution in [-0.2, 0) is 14.0 Å². The predicted molar refractivity (Wildman–Crippen MR) is 149 cm³/mol. The number of hydrogen-bond acceptors (Lipinski definition) is 7. The van der Waals surface area contributed by atoms with Gasteiger partial charge in [-0.25, -0.2) is 4.72 Å². The van der Waals surface area contributed by atoms with Crippen LogP contribution in [0.2, 0.25) is 0 Å². The molecule has 1 amide bonds. The minimum absolute atomic E-state index is 0.220. The van der Waals surface area contributed by atoms with Crippen LogP contribution in [0.1, 0.15) is 71.3 Å². The molecule has 1 saturated heterocycles. The molecule has 7 nitrogen and oxygen atoms in total. The molecule has 1 aliphatic heterocycles. The summed E-state index contributed by atoms with van der Waals surface area (Å²) < 4.78 is 26.4. The number of rotatable bonds is 8. The fourth-order valence-electron chi connectivity index (χ4n) is 3.30. The van der Waals surface area contributed by atoms with Crippen LogP contribution in [0.5, 0.6) is 5.75 Å². The van der Waals surface area contributed by atoms with Crippen molar-refractivity contribution in [1.82, 2.24) is 4.72 Å². The molecule has 0 aromatic heterocycles. The first-order valence-electron chi connectivity index (χ1n) is 12.2. The predicted octanol–water partition coefficient (Wildman–Crippen LogP) is 5.56. The third kappa shape index (κ3) is 7.04. The second-order valence-corrected chi connectivity index (χ2v) is 10.7. The van der Waals surface area contributed by atoms with E-state index in [9.17, 15) is 4.79 Å². The lowest BCUT2D eigenvalue weighted by molar-refractivity contribution is 0.00578. The van der Waals surface area contributed by atoms with E-state index in [-0.39, 0.29) is 5.91 Å². The minimum Gasteiger partial charge on any atom is -0.496 e. The van der Waals surface area contributed by atoms with Gasteiger partial charge >= 0.3 is 7.12 Å². The van der Waals surface area contributed by atoms with Gasteiger partial charge in [0.25, 0.3) is 5.91 Å². The Morgan fingerprint density at radius 1 is 1.00 bits per heavy atom. The number of ether oxygens (including phenoxy) is 2. The molecule has 0 unspecified atom stereocenters. The van der Waals surface area contributed by atoms with E-state index in [4.69, 9.17) is 18.8 Å². The van der Waals surface area contributed by atoms with Gasteiger partial charge in [0.2, 0.25) is 0 Å². The van der Waals surface area contributed by atoms with E-state index in [1.54, 1.807) is 26.4 Å². The molecule has 2 aromatic carbocycles. The highest BCUT2D eigenvalue weighted by atomic mass is 32.2. The quantitative estimate of drug-likeness (QED) is 0.270. The first-order valence-corrected chi connectivity index (χ1v) is 13.0. The Kier molecular flexibility index (Phi) is 10.1. The van der Waals surface area contributed by atoms with Crippen LogP contribution in [0.4, 0.5) is 5.69 Å². The number of hydrogen-bond donors (Lipinski definition) is 2. The lowest BCUT2D eigenvalue weighted by Crippen LogP contribution is -2.41. The third-order valence-corrected chi connectivity index (χ3v) is 7.53. The summed E-state index contributed by atoms with van der Waals surface area (Å²) in [6.07, 6.45) is 0. The maximum absolute atomic E-state index is 12.9. The lowest BCUT2D eigenvalue weighted by atomic mass is 9.76. The van der Waals surface area contributed by atoms with Gasteiger partial charge in [-0.1, -0.05) is 19.9 Å². The topological polar surface area (TPSA) is 78.1 Å². The van der Waals surface area contributed by atoms with Gasteiger partial charge < -0.3 is 24.1 Å². The van der Waals surface area contributed by atoms with E-state index in [0.29, 0.717) is 17.0 Å². The van der Waals surface area contributed by atoms with Gasteiger partial charge in [0.05, 0.1) is 23.2 Å². The van der Waals surface area contributed by atoms with Crippen molar-refractivity contribution in [3.05, 3.63) is 47.5 Å². The van der Waals surface area contributed by atoms with E-state index in [0.717, 1.165) is 15.9 Å². The standard InChI is InChI=1S/C25H35BN2O5S.C2H6/c1-16-14-18(11-12-19(16)26-32-23(2,3)24(4,5)33-26)27-22(29)17-10-13-21(20(15-17)30-8)34-28-25(6,7)31-9;1-2/h10-15,28H,1-9H3,(H,27,29);1-2H3. The summed E-state index contributed by atoms with van der Waals surface area (Å²) in [4.78, 5) is 13.8. The van der Waals surface area contributed by atoms with Crippen LogP contribution >= 0.6 is 11.9 Å². The number of carbonyl (C=O) groups is 1. The molecule has 36 heavy (non-hydrogen) atoms. The number of anilines is 1. The molecule has 0 aliphatic carbocycles. The first kappa shape index (κ1) is 30.2. The maximum atomic E-state index is 12.9. The molecule has 1 heterocycles. The average Bonchev–Trinajstić information content (AvgIpc) is 3.05. The van der Waals surface area contributed by atoms with Gasteiger partial charge in [-0.15, -0.1) is 0 Å². The second kappa shape index (κ2) is 12.0. The van der Waals surface area contributed by atoms with Gasteiger partial charge in [0.1, 0.15) is 11.5 Å². The Labute approximate surface area is 221 Å². The molecular formula is C27H41BN2O5S. The highest BCUT2D eigenvalue weighted by Gasteiger charge is 2.52. The summed E-state index contributed by atoms with van der Waals surface area (Å²) in [6.45, 7) is 18.0. The fraction of sp³-hybridized carbons (Fsp3) is 0.519. The second-order valence-electron chi connectivity index (χ2n) is 9.90. The van der Waals surface area contributed by atoms with Crippen molar-refractivity contribution in [2.75, 3.05) is 19.5 Å². The van der Waals surface area contributed by atoms with Crippen LogP contribution in [0.25, 0.3) is 0 Å². The smallest absolute Gasteiger partial charge is 0.495 e. The maximum Gasteiger partial charge on any atom is 0.495 e. The van der Waals surface area contributed by atoms with Crippen molar-refractivity contribution < 1.29 is 23.6 Å². The Morgan fingerprint density at radius 2 is 1.61 bits per heavy atom. The molecule has 9 heteroatoms. The summed E-state index contributed by atoms with van der Waals surface area (Å²) in [5.74, 6) is 0.382. The van der Waals surface area contributed by atoms with Crippen molar-refractivity contribution in [2.45, 2.75) is 84.1 Å². The van der Waals surface area contributed by atoms with Crippen molar-refractivity contribution in [3.8, 4) is 5.75 Å². The molecule has 3 rings (SSSR count). The summed E-state index contributed by atoms with van der Waals surface area (Å²) in [5, 5.41) is 2.97. The first-order chi connectivity index (χ1) is 16.8. The molecule has 0 saturated carbocycles. The fourth-order valence-corrected chi connectivity index (χ4v) is 4.12. The normalized spacial score (nSPS) is 16.2. The number of amides is 1. The highest BCUT2D eigenvalue weighted by molar-refractivity contribution is 7.97. The summed E-state index contributed by atoms with van der Waals surface area (Å²) >= 11 is 1.39. The van der Waals surface area contributed by atoms with Crippen molar-refractivity contribution in [3.63, 3.8) is 0 Å². The summed E-state index contributed by atoms with van der Waals surface area (Å²) in [5.41, 5.74) is 1.81. The Balaban J connectivity index is 0.00000222. The van der Waals surface area contributed by atoms with Gasteiger partial charge in [0, 0.05) is 18.4 Å². The zero-order valence-corrected chi connectivity index (χ0v) is 24.3. The zero-order chi connectivity index (χ0) is 27.3. The van der Waals surface area contributed by atoms with E-state index in [1.165, 1.54) is 11.9 Å². The van der Waals surface area contributed by atoms with Gasteiger partial charge in [0.15, 0.2) is 0 Å². The number of aryl methyl sites for hydroxylation is 1. The van der Waals surface area contributed by atoms with E-state index >= 15 is 0 Å². The van der Waals surface area contributed by atoms with E-state index < -0.39 is 24.0 Å². The van der Waals surface area contributed by atoms with Crippen molar-refractivity contribution >= 4 is 36.1 Å². The summed E-state index contributed by atoms with van der Waals surface area (Å²) in [7, 11) is 2.78. The molecule has 198 valence electrons. The summed E-state index contributed by atoms with van der Waals surface area (Å²) in [6, 6.07) is 11.1. The number of methoxy groups -OCH3 is 2. The van der Waals surface area contributed by atoms with Crippen molar-refractivity contribution in [1.29, 1.82) is 0 Å².